The van der Waals surface area contributed by atoms with Gasteiger partial charge in [0.05, 0.1) is 17.3 Å². The van der Waals surface area contributed by atoms with Gasteiger partial charge in [-0.05, 0) is 24.3 Å². The predicted octanol–water partition coefficient (Wildman–Crippen LogP) is 2.42. The first-order valence-corrected chi connectivity index (χ1v) is 6.42. The number of aromatic nitrogens is 1. The molecule has 96 valence electrons. The third-order valence-corrected chi connectivity index (χ3v) is 3.19. The van der Waals surface area contributed by atoms with Crippen LogP contribution in [0.4, 0.5) is 8.28 Å². The van der Waals surface area contributed by atoms with Gasteiger partial charge in [-0.2, -0.15) is 18.1 Å². The van der Waals surface area contributed by atoms with Crippen LogP contribution in [0, 0.1) is 17.3 Å². The quantitative estimate of drug-likeness (QED) is 0.625. The normalized spacial score (nSPS) is 11.0. The molecule has 0 saturated carbocycles. The molecule has 1 aromatic carbocycles. The van der Waals surface area contributed by atoms with Gasteiger partial charge >= 0.3 is 10.2 Å². The van der Waals surface area contributed by atoms with Crippen molar-refractivity contribution in [2.45, 2.75) is 4.90 Å². The number of nitriles is 1. The maximum Gasteiger partial charge on any atom is 0.336 e. The van der Waals surface area contributed by atoms with Crippen LogP contribution < -0.4 is 0 Å². The molecule has 0 fully saturated rings. The van der Waals surface area contributed by atoms with Crippen molar-refractivity contribution in [3.63, 3.8) is 0 Å². The van der Waals surface area contributed by atoms with Gasteiger partial charge < -0.3 is 0 Å². The monoisotopic (exact) mass is 280 g/mol. The lowest BCUT2D eigenvalue weighted by molar-refractivity contribution is 0.518. The summed E-state index contributed by atoms with van der Waals surface area (Å²) in [5.74, 6) is -1.41. The standard InChI is InChI=1S/C12H6F2N2O2S/c13-12-11(19(14,17)18)5-4-10(16-12)9-3-1-2-8(6-9)7-15/h1-6H. The van der Waals surface area contributed by atoms with Crippen LogP contribution in [-0.2, 0) is 10.2 Å². The van der Waals surface area contributed by atoms with E-state index in [0.717, 1.165) is 6.07 Å². The molecule has 0 amide bonds. The number of halogens is 2. The molecule has 0 spiro atoms. The summed E-state index contributed by atoms with van der Waals surface area (Å²) in [4.78, 5) is 2.29. The van der Waals surface area contributed by atoms with Crippen molar-refractivity contribution in [2.75, 3.05) is 0 Å². The maximum absolute atomic E-state index is 13.4. The summed E-state index contributed by atoms with van der Waals surface area (Å²) in [7, 11) is -5.14. The van der Waals surface area contributed by atoms with Crippen LogP contribution >= 0.6 is 0 Å². The molecule has 19 heavy (non-hydrogen) atoms. The molecular formula is C12H6F2N2O2S. The Morgan fingerprint density at radius 1 is 1.21 bits per heavy atom. The highest BCUT2D eigenvalue weighted by Crippen LogP contribution is 2.22. The van der Waals surface area contributed by atoms with Gasteiger partial charge in [-0.15, -0.1) is 3.89 Å². The van der Waals surface area contributed by atoms with E-state index in [9.17, 15) is 16.7 Å². The minimum absolute atomic E-state index is 0.113. The Labute approximate surface area is 108 Å². The first-order chi connectivity index (χ1) is 8.91. The zero-order chi connectivity index (χ0) is 14.0. The average Bonchev–Trinajstić information content (AvgIpc) is 2.37. The highest BCUT2D eigenvalue weighted by Gasteiger charge is 2.19. The molecule has 0 aliphatic heterocycles. The number of hydrogen-bond donors (Lipinski definition) is 0. The largest absolute Gasteiger partial charge is 0.336 e. The van der Waals surface area contributed by atoms with Gasteiger partial charge in [-0.1, -0.05) is 12.1 Å². The highest BCUT2D eigenvalue weighted by molar-refractivity contribution is 7.86. The first-order valence-electron chi connectivity index (χ1n) is 5.03. The van der Waals surface area contributed by atoms with Crippen LogP contribution in [0.1, 0.15) is 5.56 Å². The lowest BCUT2D eigenvalue weighted by Gasteiger charge is -2.03. The molecular weight excluding hydrogens is 274 g/mol. The van der Waals surface area contributed by atoms with Crippen LogP contribution in [0.25, 0.3) is 11.3 Å². The van der Waals surface area contributed by atoms with Crippen molar-refractivity contribution in [2.24, 2.45) is 0 Å². The molecule has 2 aromatic rings. The van der Waals surface area contributed by atoms with Crippen LogP contribution in [0.5, 0.6) is 0 Å². The molecule has 1 aromatic heterocycles. The smallest absolute Gasteiger partial charge is 0.218 e. The zero-order valence-electron chi connectivity index (χ0n) is 9.34. The minimum Gasteiger partial charge on any atom is -0.218 e. The van der Waals surface area contributed by atoms with Gasteiger partial charge in [-0.3, -0.25) is 0 Å². The Morgan fingerprint density at radius 2 is 1.95 bits per heavy atom. The molecule has 0 bridgehead atoms. The zero-order valence-corrected chi connectivity index (χ0v) is 10.2. The summed E-state index contributed by atoms with van der Waals surface area (Å²) in [6.07, 6.45) is 0. The molecule has 0 radical (unpaired) electrons. The van der Waals surface area contributed by atoms with Crippen LogP contribution in [0.3, 0.4) is 0 Å². The Morgan fingerprint density at radius 3 is 2.53 bits per heavy atom. The van der Waals surface area contributed by atoms with E-state index in [4.69, 9.17) is 5.26 Å². The fraction of sp³-hybridized carbons (Fsp3) is 0. The van der Waals surface area contributed by atoms with Gasteiger partial charge in [0.1, 0.15) is 0 Å². The third kappa shape index (κ3) is 2.74. The predicted molar refractivity (Wildman–Crippen MR) is 62.6 cm³/mol. The third-order valence-electron chi connectivity index (χ3n) is 2.36. The second-order valence-electron chi connectivity index (χ2n) is 3.62. The van der Waals surface area contributed by atoms with E-state index in [0.29, 0.717) is 11.1 Å². The van der Waals surface area contributed by atoms with Crippen LogP contribution in [0.2, 0.25) is 0 Å². The van der Waals surface area contributed by atoms with Crippen LogP contribution in [-0.4, -0.2) is 13.4 Å². The van der Waals surface area contributed by atoms with E-state index in [2.05, 4.69) is 4.98 Å². The van der Waals surface area contributed by atoms with Crippen molar-refractivity contribution in [1.82, 2.24) is 4.98 Å². The fourth-order valence-corrected chi connectivity index (χ4v) is 1.99. The molecule has 7 heteroatoms. The van der Waals surface area contributed by atoms with Gasteiger partial charge in [-0.25, -0.2) is 4.98 Å². The van der Waals surface area contributed by atoms with Crippen molar-refractivity contribution in [3.05, 3.63) is 47.9 Å². The van der Waals surface area contributed by atoms with E-state index < -0.39 is 21.1 Å². The Kier molecular flexibility index (Phi) is 3.27. The van der Waals surface area contributed by atoms with Crippen molar-refractivity contribution >= 4 is 10.2 Å². The average molecular weight is 280 g/mol. The van der Waals surface area contributed by atoms with Gasteiger partial charge in [0.25, 0.3) is 0 Å². The number of hydrogen-bond acceptors (Lipinski definition) is 4. The van der Waals surface area contributed by atoms with E-state index in [1.165, 1.54) is 12.1 Å². The van der Waals surface area contributed by atoms with Crippen LogP contribution in [0.15, 0.2) is 41.3 Å². The van der Waals surface area contributed by atoms with E-state index in [1.807, 2.05) is 6.07 Å². The number of rotatable bonds is 2. The van der Waals surface area contributed by atoms with Crippen molar-refractivity contribution < 1.29 is 16.7 Å². The highest BCUT2D eigenvalue weighted by atomic mass is 32.3. The number of benzene rings is 1. The lowest BCUT2D eigenvalue weighted by atomic mass is 10.1. The number of pyridine rings is 1. The summed E-state index contributed by atoms with van der Waals surface area (Å²) < 4.78 is 47.3. The first kappa shape index (κ1) is 13.1. The van der Waals surface area contributed by atoms with Crippen molar-refractivity contribution in [1.29, 1.82) is 5.26 Å². The van der Waals surface area contributed by atoms with Crippen molar-refractivity contribution in [3.8, 4) is 17.3 Å². The lowest BCUT2D eigenvalue weighted by Crippen LogP contribution is -2.00. The number of nitrogens with zero attached hydrogens (tertiary/aromatic N) is 2. The fourth-order valence-electron chi connectivity index (χ4n) is 1.51. The molecule has 4 nitrogen and oxygen atoms in total. The summed E-state index contributed by atoms with van der Waals surface area (Å²) in [5.41, 5.74) is 0.893. The van der Waals surface area contributed by atoms with E-state index >= 15 is 0 Å². The van der Waals surface area contributed by atoms with E-state index in [-0.39, 0.29) is 5.69 Å². The molecule has 0 aliphatic rings. The molecule has 2 rings (SSSR count). The topological polar surface area (TPSA) is 70.8 Å². The van der Waals surface area contributed by atoms with Gasteiger partial charge in [0, 0.05) is 5.56 Å². The second-order valence-corrected chi connectivity index (χ2v) is 4.93. The summed E-state index contributed by atoms with van der Waals surface area (Å²) in [5, 5.41) is 8.74. The molecule has 0 unspecified atom stereocenters. The summed E-state index contributed by atoms with van der Waals surface area (Å²) in [6.45, 7) is 0. The molecule has 0 atom stereocenters. The second kappa shape index (κ2) is 4.74. The minimum atomic E-state index is -5.14. The Hall–Kier alpha value is -2.33. The SMILES string of the molecule is N#Cc1cccc(-c2ccc(S(=O)(=O)F)c(F)n2)c1. The summed E-state index contributed by atoms with van der Waals surface area (Å²) in [6, 6.07) is 10.1. The molecule has 1 heterocycles. The Bertz CT molecular complexity index is 783. The molecule has 0 aliphatic carbocycles. The molecule has 0 saturated heterocycles. The summed E-state index contributed by atoms with van der Waals surface area (Å²) >= 11 is 0. The maximum atomic E-state index is 13.4. The van der Waals surface area contributed by atoms with E-state index in [1.54, 1.807) is 18.2 Å². The molecule has 0 N–H and O–H groups in total. The van der Waals surface area contributed by atoms with Gasteiger partial charge in [0.2, 0.25) is 5.95 Å². The van der Waals surface area contributed by atoms with Gasteiger partial charge in [0.15, 0.2) is 4.90 Å². The Balaban J connectivity index is 2.54.